The van der Waals surface area contributed by atoms with Crippen molar-refractivity contribution in [1.82, 2.24) is 5.32 Å². The van der Waals surface area contributed by atoms with Gasteiger partial charge in [0.15, 0.2) is 0 Å². The molecule has 0 aliphatic heterocycles. The molecular formula is C16H17ClN2OS. The summed E-state index contributed by atoms with van der Waals surface area (Å²) in [7, 11) is 0. The van der Waals surface area contributed by atoms with Crippen molar-refractivity contribution in [2.75, 3.05) is 5.73 Å². The van der Waals surface area contributed by atoms with E-state index in [0.717, 1.165) is 33.3 Å². The molecule has 110 valence electrons. The molecule has 3 rings (SSSR count). The number of halogens is 1. The van der Waals surface area contributed by atoms with Gasteiger partial charge in [-0.2, -0.15) is 0 Å². The molecule has 0 radical (unpaired) electrons. The second-order valence-electron chi connectivity index (χ2n) is 5.54. The molecule has 0 bridgehead atoms. The van der Waals surface area contributed by atoms with Crippen molar-refractivity contribution in [2.45, 2.75) is 31.2 Å². The van der Waals surface area contributed by atoms with E-state index in [1.165, 1.54) is 11.3 Å². The summed E-state index contributed by atoms with van der Waals surface area (Å²) in [6.45, 7) is 1.99. The molecule has 2 aromatic rings. The standard InChI is InChI=1S/C16H17ClN2OS/c1-10(13-6-7-14(17)21-13)19-15(20)16(8-9-16)11-2-4-12(18)5-3-11/h2-7,10H,8-9,18H2,1H3,(H,19,20). The Morgan fingerprint density at radius 2 is 1.95 bits per heavy atom. The minimum absolute atomic E-state index is 0.0266. The highest BCUT2D eigenvalue weighted by Crippen LogP contribution is 2.49. The molecule has 1 unspecified atom stereocenters. The summed E-state index contributed by atoms with van der Waals surface area (Å²) in [5.74, 6) is 0.0873. The highest BCUT2D eigenvalue weighted by Gasteiger charge is 2.51. The van der Waals surface area contributed by atoms with Crippen molar-refractivity contribution in [2.24, 2.45) is 0 Å². The number of carbonyl (C=O) groups is 1. The number of anilines is 1. The van der Waals surface area contributed by atoms with Crippen molar-refractivity contribution >= 4 is 34.5 Å². The number of nitrogens with one attached hydrogen (secondary N) is 1. The van der Waals surface area contributed by atoms with Gasteiger partial charge in [-0.3, -0.25) is 4.79 Å². The number of hydrogen-bond donors (Lipinski definition) is 2. The number of hydrogen-bond acceptors (Lipinski definition) is 3. The third kappa shape index (κ3) is 2.78. The highest BCUT2D eigenvalue weighted by molar-refractivity contribution is 7.16. The van der Waals surface area contributed by atoms with Crippen LogP contribution in [-0.2, 0) is 10.2 Å². The maximum absolute atomic E-state index is 12.6. The van der Waals surface area contributed by atoms with Crippen LogP contribution in [-0.4, -0.2) is 5.91 Å². The number of carbonyl (C=O) groups excluding carboxylic acids is 1. The molecular weight excluding hydrogens is 304 g/mol. The van der Waals surface area contributed by atoms with Crippen LogP contribution in [0.1, 0.15) is 36.2 Å². The van der Waals surface area contributed by atoms with Gasteiger partial charge in [0, 0.05) is 10.6 Å². The molecule has 3 N–H and O–H groups in total. The molecule has 1 atom stereocenters. The normalized spacial score (nSPS) is 17.2. The van der Waals surface area contributed by atoms with Gasteiger partial charge >= 0.3 is 0 Å². The van der Waals surface area contributed by atoms with Crippen LogP contribution in [0.3, 0.4) is 0 Å². The molecule has 1 aromatic carbocycles. The summed E-state index contributed by atoms with van der Waals surface area (Å²) in [6, 6.07) is 11.4. The first-order valence-electron chi connectivity index (χ1n) is 6.93. The number of rotatable bonds is 4. The summed E-state index contributed by atoms with van der Waals surface area (Å²) in [4.78, 5) is 13.7. The molecule has 1 fully saturated rings. The molecule has 1 heterocycles. The Balaban J connectivity index is 1.74. The Morgan fingerprint density at radius 3 is 2.48 bits per heavy atom. The molecule has 1 amide bonds. The summed E-state index contributed by atoms with van der Waals surface area (Å²) in [6.07, 6.45) is 1.78. The van der Waals surface area contributed by atoms with E-state index >= 15 is 0 Å². The van der Waals surface area contributed by atoms with E-state index in [2.05, 4.69) is 5.32 Å². The monoisotopic (exact) mass is 320 g/mol. The van der Waals surface area contributed by atoms with Gasteiger partial charge in [-0.25, -0.2) is 0 Å². The Morgan fingerprint density at radius 1 is 1.29 bits per heavy atom. The number of benzene rings is 1. The van der Waals surface area contributed by atoms with Crippen LogP contribution >= 0.6 is 22.9 Å². The van der Waals surface area contributed by atoms with E-state index in [9.17, 15) is 4.79 Å². The minimum Gasteiger partial charge on any atom is -0.399 e. The zero-order chi connectivity index (χ0) is 15.0. The van der Waals surface area contributed by atoms with Crippen LogP contribution < -0.4 is 11.1 Å². The summed E-state index contributed by atoms with van der Waals surface area (Å²) >= 11 is 7.45. The van der Waals surface area contributed by atoms with E-state index < -0.39 is 0 Å². The smallest absolute Gasteiger partial charge is 0.231 e. The third-order valence-electron chi connectivity index (χ3n) is 4.02. The van der Waals surface area contributed by atoms with Crippen LogP contribution in [0.4, 0.5) is 5.69 Å². The quantitative estimate of drug-likeness (QED) is 0.840. The lowest BCUT2D eigenvalue weighted by Gasteiger charge is -2.19. The Kier molecular flexibility index (Phi) is 3.68. The number of nitrogen functional groups attached to an aromatic ring is 1. The van der Waals surface area contributed by atoms with Crippen LogP contribution in [0.5, 0.6) is 0 Å². The predicted octanol–water partition coefficient (Wildman–Crippen LogP) is 3.89. The van der Waals surface area contributed by atoms with Crippen LogP contribution in [0.2, 0.25) is 4.34 Å². The van der Waals surface area contributed by atoms with E-state index in [-0.39, 0.29) is 17.4 Å². The zero-order valence-corrected chi connectivity index (χ0v) is 13.3. The average molecular weight is 321 g/mol. The topological polar surface area (TPSA) is 55.1 Å². The highest BCUT2D eigenvalue weighted by atomic mass is 35.5. The SMILES string of the molecule is CC(NC(=O)C1(c2ccc(N)cc2)CC1)c1ccc(Cl)s1. The van der Waals surface area contributed by atoms with Crippen LogP contribution in [0.15, 0.2) is 36.4 Å². The second kappa shape index (κ2) is 5.35. The number of thiophene rings is 1. The van der Waals surface area contributed by atoms with Gasteiger partial charge in [0.25, 0.3) is 0 Å². The first-order valence-corrected chi connectivity index (χ1v) is 8.13. The van der Waals surface area contributed by atoms with Crippen molar-refractivity contribution in [3.05, 3.63) is 51.2 Å². The lowest BCUT2D eigenvalue weighted by Crippen LogP contribution is -2.36. The van der Waals surface area contributed by atoms with Gasteiger partial charge in [0.1, 0.15) is 0 Å². The van der Waals surface area contributed by atoms with Crippen molar-refractivity contribution < 1.29 is 4.79 Å². The first-order chi connectivity index (χ1) is 10.0. The predicted molar refractivity (Wildman–Crippen MR) is 87.7 cm³/mol. The first kappa shape index (κ1) is 14.4. The van der Waals surface area contributed by atoms with Crippen molar-refractivity contribution in [1.29, 1.82) is 0 Å². The molecule has 5 heteroatoms. The van der Waals surface area contributed by atoms with Gasteiger partial charge in [0.05, 0.1) is 15.8 Å². The number of amides is 1. The van der Waals surface area contributed by atoms with Gasteiger partial charge < -0.3 is 11.1 Å². The van der Waals surface area contributed by atoms with E-state index in [0.29, 0.717) is 0 Å². The molecule has 1 saturated carbocycles. The zero-order valence-electron chi connectivity index (χ0n) is 11.7. The minimum atomic E-state index is -0.372. The van der Waals surface area contributed by atoms with Gasteiger partial charge in [-0.1, -0.05) is 23.7 Å². The molecule has 1 aliphatic rings. The Hall–Kier alpha value is -1.52. The summed E-state index contributed by atoms with van der Waals surface area (Å²) in [5, 5.41) is 3.11. The largest absolute Gasteiger partial charge is 0.399 e. The second-order valence-corrected chi connectivity index (χ2v) is 7.29. The molecule has 0 spiro atoms. The van der Waals surface area contributed by atoms with Gasteiger partial charge in [-0.15, -0.1) is 11.3 Å². The fourth-order valence-corrected chi connectivity index (χ4v) is 3.60. The van der Waals surface area contributed by atoms with Crippen molar-refractivity contribution in [3.8, 4) is 0 Å². The Bertz CT molecular complexity index is 661. The molecule has 1 aliphatic carbocycles. The average Bonchev–Trinajstić information content (AvgIpc) is 3.16. The fourth-order valence-electron chi connectivity index (χ4n) is 2.54. The third-order valence-corrected chi connectivity index (χ3v) is 5.43. The molecule has 1 aromatic heterocycles. The summed E-state index contributed by atoms with van der Waals surface area (Å²) in [5.41, 5.74) is 7.11. The molecule has 21 heavy (non-hydrogen) atoms. The fraction of sp³-hybridized carbons (Fsp3) is 0.312. The van der Waals surface area contributed by atoms with Crippen LogP contribution in [0, 0.1) is 0 Å². The molecule has 3 nitrogen and oxygen atoms in total. The van der Waals surface area contributed by atoms with Gasteiger partial charge in [0.2, 0.25) is 5.91 Å². The number of nitrogens with two attached hydrogens (primary N) is 1. The Labute approximate surface area is 133 Å². The van der Waals surface area contributed by atoms with E-state index in [1.807, 2.05) is 43.3 Å². The van der Waals surface area contributed by atoms with Crippen LogP contribution in [0.25, 0.3) is 0 Å². The maximum Gasteiger partial charge on any atom is 0.231 e. The molecule has 0 saturated heterocycles. The maximum atomic E-state index is 12.6. The van der Waals surface area contributed by atoms with E-state index in [1.54, 1.807) is 0 Å². The lowest BCUT2D eigenvalue weighted by atomic mass is 9.94. The van der Waals surface area contributed by atoms with Gasteiger partial charge in [-0.05, 0) is 49.6 Å². The van der Waals surface area contributed by atoms with E-state index in [4.69, 9.17) is 17.3 Å². The summed E-state index contributed by atoms with van der Waals surface area (Å²) < 4.78 is 0.741. The van der Waals surface area contributed by atoms with Crippen molar-refractivity contribution in [3.63, 3.8) is 0 Å². The lowest BCUT2D eigenvalue weighted by molar-refractivity contribution is -0.124.